The highest BCUT2D eigenvalue weighted by atomic mass is 32.2. The minimum Gasteiger partial charge on any atom is -0.383 e. The summed E-state index contributed by atoms with van der Waals surface area (Å²) in [6.07, 6.45) is 1.93. The van der Waals surface area contributed by atoms with Crippen molar-refractivity contribution in [2.45, 2.75) is 12.1 Å². The first kappa shape index (κ1) is 23.8. The molecule has 0 aliphatic heterocycles. The van der Waals surface area contributed by atoms with Crippen LogP contribution in [-0.2, 0) is 7.05 Å². The summed E-state index contributed by atoms with van der Waals surface area (Å²) in [5.74, 6) is 1.12. The molecule has 3 aromatic heterocycles. The van der Waals surface area contributed by atoms with Gasteiger partial charge in [0.15, 0.2) is 10.8 Å². The molecule has 0 saturated heterocycles. The Morgan fingerprint density at radius 1 is 0.816 bits per heavy atom. The van der Waals surface area contributed by atoms with Crippen molar-refractivity contribution in [1.82, 2.24) is 23.9 Å². The van der Waals surface area contributed by atoms with Gasteiger partial charge in [-0.1, -0.05) is 90.6 Å². The number of nitrogens with two attached hydrogens (primary N) is 1. The van der Waals surface area contributed by atoms with Crippen LogP contribution in [0.5, 0.6) is 0 Å². The van der Waals surface area contributed by atoms with E-state index in [9.17, 15) is 4.79 Å². The van der Waals surface area contributed by atoms with Gasteiger partial charge in [0.2, 0.25) is 0 Å². The van der Waals surface area contributed by atoms with Gasteiger partial charge in [-0.3, -0.25) is 14.0 Å². The van der Waals surface area contributed by atoms with Gasteiger partial charge in [0.1, 0.15) is 11.6 Å². The molecule has 0 atom stereocenters. The molecule has 0 spiro atoms. The van der Waals surface area contributed by atoms with Crippen molar-refractivity contribution in [2.24, 2.45) is 7.05 Å². The van der Waals surface area contributed by atoms with Gasteiger partial charge < -0.3 is 5.73 Å². The third-order valence-electron chi connectivity index (χ3n) is 6.78. The zero-order chi connectivity index (χ0) is 26.4. The smallest absolute Gasteiger partial charge is 0.276 e. The summed E-state index contributed by atoms with van der Waals surface area (Å²) in [5, 5.41) is 1.32. The molecule has 0 radical (unpaired) electrons. The summed E-state index contributed by atoms with van der Waals surface area (Å²) in [5.41, 5.74) is 12.4. The number of thioether (sulfide) groups is 1. The minimum absolute atomic E-state index is 0.0945. The first-order valence-corrected chi connectivity index (χ1v) is 13.4. The SMILES string of the molecule is CSc1nc(N)c2c(-c3ccccc3)c(-c3ccccc3)n(-c3c(C)c(=O)n(-c4ccccc4)n3C)c2n1. The highest BCUT2D eigenvalue weighted by Crippen LogP contribution is 2.44. The van der Waals surface area contributed by atoms with Crippen molar-refractivity contribution in [2.75, 3.05) is 12.0 Å². The molecule has 2 N–H and O–H groups in total. The first-order valence-electron chi connectivity index (χ1n) is 12.2. The summed E-state index contributed by atoms with van der Waals surface area (Å²) in [6.45, 7) is 1.86. The first-order chi connectivity index (χ1) is 18.5. The third kappa shape index (κ3) is 3.64. The van der Waals surface area contributed by atoms with Crippen LogP contribution in [0.2, 0.25) is 0 Å². The molecule has 0 aliphatic rings. The number of fused-ring (bicyclic) bond motifs is 1. The molecule has 6 aromatic rings. The molecule has 6 rings (SSSR count). The standard InChI is InChI=1S/C30H26N6OS/c1-19-28(34(2)36(29(19)37)22-17-11-6-12-18-22)35-25(21-15-9-5-10-16-21)23(20-13-7-4-8-14-20)24-26(31)32-30(38-3)33-27(24)35/h4-18H,1-3H3,(H2,31,32,33). The Bertz CT molecular complexity index is 1840. The predicted octanol–water partition coefficient (Wildman–Crippen LogP) is 5.86. The van der Waals surface area contributed by atoms with Crippen LogP contribution in [0, 0.1) is 6.92 Å². The van der Waals surface area contributed by atoms with Crippen LogP contribution in [0.1, 0.15) is 5.56 Å². The maximum atomic E-state index is 13.7. The van der Waals surface area contributed by atoms with Gasteiger partial charge in [-0.15, -0.1) is 0 Å². The second kappa shape index (κ2) is 9.39. The van der Waals surface area contributed by atoms with Gasteiger partial charge in [-0.25, -0.2) is 14.6 Å². The number of nitrogen functional groups attached to an aromatic ring is 1. The van der Waals surface area contributed by atoms with Crippen molar-refractivity contribution in [1.29, 1.82) is 0 Å². The molecule has 8 heteroatoms. The zero-order valence-electron chi connectivity index (χ0n) is 21.3. The fourth-order valence-corrected chi connectivity index (χ4v) is 5.50. The van der Waals surface area contributed by atoms with Crippen molar-refractivity contribution < 1.29 is 0 Å². The van der Waals surface area contributed by atoms with Crippen LogP contribution in [0.4, 0.5) is 5.82 Å². The van der Waals surface area contributed by atoms with E-state index in [-0.39, 0.29) is 5.56 Å². The summed E-state index contributed by atoms with van der Waals surface area (Å²) >= 11 is 1.43. The quantitative estimate of drug-likeness (QED) is 0.228. The molecule has 0 bridgehead atoms. The van der Waals surface area contributed by atoms with E-state index in [0.717, 1.165) is 39.3 Å². The summed E-state index contributed by atoms with van der Waals surface area (Å²) < 4.78 is 5.65. The van der Waals surface area contributed by atoms with Crippen LogP contribution in [0.15, 0.2) is 101 Å². The lowest BCUT2D eigenvalue weighted by molar-refractivity contribution is 0.631. The minimum atomic E-state index is -0.0945. The molecule has 188 valence electrons. The fraction of sp³-hybridized carbons (Fsp3) is 0.100. The summed E-state index contributed by atoms with van der Waals surface area (Å²) in [6, 6.07) is 29.9. The molecule has 0 unspecified atom stereocenters. The Morgan fingerprint density at radius 2 is 1.39 bits per heavy atom. The molecule has 0 aliphatic carbocycles. The van der Waals surface area contributed by atoms with Gasteiger partial charge in [0, 0.05) is 12.6 Å². The molecule has 7 nitrogen and oxygen atoms in total. The van der Waals surface area contributed by atoms with E-state index in [1.807, 2.05) is 91.6 Å². The molecular formula is C30H26N6OS. The highest BCUT2D eigenvalue weighted by molar-refractivity contribution is 7.98. The van der Waals surface area contributed by atoms with E-state index in [1.54, 1.807) is 4.68 Å². The van der Waals surface area contributed by atoms with E-state index < -0.39 is 0 Å². The number of hydrogen-bond donors (Lipinski definition) is 1. The monoisotopic (exact) mass is 518 g/mol. The third-order valence-corrected chi connectivity index (χ3v) is 7.33. The van der Waals surface area contributed by atoms with E-state index in [4.69, 9.17) is 10.7 Å². The summed E-state index contributed by atoms with van der Waals surface area (Å²) in [7, 11) is 1.90. The van der Waals surface area contributed by atoms with Gasteiger partial charge in [0.05, 0.1) is 22.3 Å². The lowest BCUT2D eigenvalue weighted by Crippen LogP contribution is -2.20. The topological polar surface area (TPSA) is 83.7 Å². The van der Waals surface area contributed by atoms with Crippen LogP contribution in [0.25, 0.3) is 44.9 Å². The van der Waals surface area contributed by atoms with Crippen molar-refractivity contribution >= 4 is 28.6 Å². The number of aromatic nitrogens is 5. The van der Waals surface area contributed by atoms with Gasteiger partial charge in [0.25, 0.3) is 5.56 Å². The van der Waals surface area contributed by atoms with Crippen molar-refractivity contribution in [3.05, 3.63) is 107 Å². The molecular weight excluding hydrogens is 492 g/mol. The van der Waals surface area contributed by atoms with Crippen molar-refractivity contribution in [3.8, 4) is 33.9 Å². The Hall–Kier alpha value is -4.56. The Labute approximate surface area is 224 Å². The molecule has 3 aromatic carbocycles. The predicted molar refractivity (Wildman–Crippen MR) is 155 cm³/mol. The number of rotatable bonds is 5. The largest absolute Gasteiger partial charge is 0.383 e. The lowest BCUT2D eigenvalue weighted by Gasteiger charge is -2.16. The highest BCUT2D eigenvalue weighted by Gasteiger charge is 2.29. The van der Waals surface area contributed by atoms with E-state index in [0.29, 0.717) is 22.2 Å². The number of para-hydroxylation sites is 1. The van der Waals surface area contributed by atoms with Crippen LogP contribution < -0.4 is 11.3 Å². The lowest BCUT2D eigenvalue weighted by atomic mass is 9.99. The van der Waals surface area contributed by atoms with Gasteiger partial charge in [-0.2, -0.15) is 0 Å². The summed E-state index contributed by atoms with van der Waals surface area (Å²) in [4.78, 5) is 23.3. The second-order valence-electron chi connectivity index (χ2n) is 9.01. The fourth-order valence-electron chi connectivity index (χ4n) is 5.14. The van der Waals surface area contributed by atoms with E-state index in [2.05, 4.69) is 33.8 Å². The van der Waals surface area contributed by atoms with Gasteiger partial charge >= 0.3 is 0 Å². The number of nitrogens with zero attached hydrogens (tertiary/aromatic N) is 5. The molecule has 0 fully saturated rings. The van der Waals surface area contributed by atoms with E-state index in [1.165, 1.54) is 11.8 Å². The maximum absolute atomic E-state index is 13.7. The molecule has 0 saturated carbocycles. The van der Waals surface area contributed by atoms with Crippen LogP contribution >= 0.6 is 11.8 Å². The van der Waals surface area contributed by atoms with Gasteiger partial charge in [-0.05, 0) is 36.4 Å². The number of benzene rings is 3. The number of hydrogen-bond acceptors (Lipinski definition) is 5. The molecule has 0 amide bonds. The zero-order valence-corrected chi connectivity index (χ0v) is 22.1. The number of anilines is 1. The van der Waals surface area contributed by atoms with Crippen LogP contribution in [-0.4, -0.2) is 30.2 Å². The van der Waals surface area contributed by atoms with Crippen molar-refractivity contribution in [3.63, 3.8) is 0 Å². The normalized spacial score (nSPS) is 11.3. The average Bonchev–Trinajstić information content (AvgIpc) is 3.40. The molecule has 38 heavy (non-hydrogen) atoms. The second-order valence-corrected chi connectivity index (χ2v) is 9.78. The average molecular weight is 519 g/mol. The Morgan fingerprint density at radius 3 is 2.00 bits per heavy atom. The molecule has 3 heterocycles. The van der Waals surface area contributed by atoms with E-state index >= 15 is 0 Å². The Balaban J connectivity index is 1.84. The maximum Gasteiger partial charge on any atom is 0.276 e. The van der Waals surface area contributed by atoms with Crippen LogP contribution in [0.3, 0.4) is 0 Å². The Kier molecular flexibility index (Phi) is 5.88.